The molecule has 0 saturated carbocycles. The zero-order valence-electron chi connectivity index (χ0n) is 14.4. The highest BCUT2D eigenvalue weighted by molar-refractivity contribution is 7.92. The van der Waals surface area contributed by atoms with Crippen molar-refractivity contribution in [1.29, 1.82) is 0 Å². The molecule has 8 nitrogen and oxygen atoms in total. The third-order valence-electron chi connectivity index (χ3n) is 3.72. The van der Waals surface area contributed by atoms with Gasteiger partial charge in [-0.3, -0.25) is 9.52 Å². The molecule has 4 N–H and O–H groups in total. The molecule has 138 valence electrons. The van der Waals surface area contributed by atoms with Gasteiger partial charge in [0, 0.05) is 11.3 Å². The number of aryl methyl sites for hydroxylation is 1. The minimum atomic E-state index is -3.75. The smallest absolute Gasteiger partial charge is 0.261 e. The molecule has 0 unspecified atom stereocenters. The molecule has 2 aromatic carbocycles. The lowest BCUT2D eigenvalue weighted by molar-refractivity contribution is 0.102. The van der Waals surface area contributed by atoms with Crippen molar-refractivity contribution >= 4 is 33.3 Å². The molecule has 9 heteroatoms. The monoisotopic (exact) mass is 383 g/mol. The lowest BCUT2D eigenvalue weighted by Crippen LogP contribution is -2.16. The summed E-state index contributed by atoms with van der Waals surface area (Å²) in [6, 6.07) is 12.7. The van der Waals surface area contributed by atoms with Crippen LogP contribution in [0.2, 0.25) is 0 Å². The quantitative estimate of drug-likeness (QED) is 0.621. The van der Waals surface area contributed by atoms with Gasteiger partial charge < -0.3 is 11.1 Å². The molecule has 1 amide bonds. The van der Waals surface area contributed by atoms with Crippen LogP contribution < -0.4 is 15.8 Å². The topological polar surface area (TPSA) is 127 Å². The molecule has 0 aliphatic heterocycles. The summed E-state index contributed by atoms with van der Waals surface area (Å²) in [5.41, 5.74) is 7.08. The number of nitrogens with one attached hydrogen (secondary N) is 2. The van der Waals surface area contributed by atoms with Crippen LogP contribution in [0.1, 0.15) is 15.9 Å². The number of nitrogen functional groups attached to an aromatic ring is 1. The van der Waals surface area contributed by atoms with Crippen LogP contribution in [0.15, 0.2) is 65.8 Å². The molecule has 0 aliphatic carbocycles. The van der Waals surface area contributed by atoms with E-state index in [2.05, 4.69) is 20.0 Å². The number of sulfonamides is 1. The van der Waals surface area contributed by atoms with Crippen molar-refractivity contribution in [2.45, 2.75) is 11.8 Å². The van der Waals surface area contributed by atoms with Crippen molar-refractivity contribution in [3.8, 4) is 0 Å². The fourth-order valence-corrected chi connectivity index (χ4v) is 3.42. The molecule has 3 aromatic rings. The number of anilines is 3. The molecule has 0 aliphatic rings. The third kappa shape index (κ3) is 4.39. The maximum absolute atomic E-state index is 12.5. The summed E-state index contributed by atoms with van der Waals surface area (Å²) in [6.07, 6.45) is 2.77. The van der Waals surface area contributed by atoms with Crippen LogP contribution in [-0.2, 0) is 10.0 Å². The first-order valence-electron chi connectivity index (χ1n) is 7.92. The standard InChI is InChI=1S/C18H17N5O3S/c1-12-7-8-13(23-27(25,26)15-5-3-2-4-6-15)9-16(12)17(24)22-14-10-20-18(19)21-11-14/h2-11,23H,1H3,(H,22,24)(H2,19,20,21). The Bertz CT molecular complexity index is 1070. The van der Waals surface area contributed by atoms with Gasteiger partial charge in [0.1, 0.15) is 0 Å². The number of rotatable bonds is 5. The van der Waals surface area contributed by atoms with E-state index in [-0.39, 0.29) is 16.5 Å². The van der Waals surface area contributed by atoms with E-state index in [1.165, 1.54) is 30.6 Å². The Morgan fingerprint density at radius 2 is 1.67 bits per heavy atom. The van der Waals surface area contributed by atoms with Gasteiger partial charge in [0.15, 0.2) is 0 Å². The second-order valence-electron chi connectivity index (χ2n) is 5.73. The Kier molecular flexibility index (Phi) is 5.04. The second-order valence-corrected chi connectivity index (χ2v) is 7.41. The van der Waals surface area contributed by atoms with Gasteiger partial charge in [-0.05, 0) is 36.8 Å². The maximum Gasteiger partial charge on any atom is 0.261 e. The Morgan fingerprint density at radius 3 is 2.33 bits per heavy atom. The van der Waals surface area contributed by atoms with Gasteiger partial charge >= 0.3 is 0 Å². The van der Waals surface area contributed by atoms with Crippen LogP contribution in [0, 0.1) is 6.92 Å². The number of hydrogen-bond donors (Lipinski definition) is 3. The van der Waals surface area contributed by atoms with Gasteiger partial charge in [-0.25, -0.2) is 18.4 Å². The lowest BCUT2D eigenvalue weighted by Gasteiger charge is -2.12. The van der Waals surface area contributed by atoms with Gasteiger partial charge in [0.25, 0.3) is 15.9 Å². The maximum atomic E-state index is 12.5. The predicted octanol–water partition coefficient (Wildman–Crippen LogP) is 2.42. The highest BCUT2D eigenvalue weighted by Crippen LogP contribution is 2.20. The van der Waals surface area contributed by atoms with Gasteiger partial charge in [-0.15, -0.1) is 0 Å². The normalized spacial score (nSPS) is 11.0. The van der Waals surface area contributed by atoms with Crippen molar-refractivity contribution in [3.05, 3.63) is 72.1 Å². The minimum Gasteiger partial charge on any atom is -0.368 e. The van der Waals surface area contributed by atoms with Crippen LogP contribution >= 0.6 is 0 Å². The van der Waals surface area contributed by atoms with Crippen LogP contribution in [-0.4, -0.2) is 24.3 Å². The molecule has 0 spiro atoms. The number of hydrogen-bond acceptors (Lipinski definition) is 6. The van der Waals surface area contributed by atoms with Crippen molar-refractivity contribution < 1.29 is 13.2 Å². The molecule has 1 heterocycles. The van der Waals surface area contributed by atoms with Gasteiger partial charge in [0.05, 0.1) is 23.0 Å². The van der Waals surface area contributed by atoms with Crippen LogP contribution in [0.5, 0.6) is 0 Å². The van der Waals surface area contributed by atoms with E-state index < -0.39 is 15.9 Å². The highest BCUT2D eigenvalue weighted by atomic mass is 32.2. The second kappa shape index (κ2) is 7.42. The number of amides is 1. The zero-order chi connectivity index (χ0) is 19.4. The Labute approximate surface area is 156 Å². The van der Waals surface area contributed by atoms with Crippen molar-refractivity contribution in [1.82, 2.24) is 9.97 Å². The van der Waals surface area contributed by atoms with Gasteiger partial charge in [-0.2, -0.15) is 0 Å². The summed E-state index contributed by atoms with van der Waals surface area (Å²) < 4.78 is 27.4. The summed E-state index contributed by atoms with van der Waals surface area (Å²) >= 11 is 0. The average molecular weight is 383 g/mol. The molecule has 3 rings (SSSR count). The van der Waals surface area contributed by atoms with E-state index in [1.54, 1.807) is 37.3 Å². The lowest BCUT2D eigenvalue weighted by atomic mass is 10.1. The SMILES string of the molecule is Cc1ccc(NS(=O)(=O)c2ccccc2)cc1C(=O)Nc1cnc(N)nc1. The van der Waals surface area contributed by atoms with Crippen LogP contribution in [0.4, 0.5) is 17.3 Å². The largest absolute Gasteiger partial charge is 0.368 e. The molecule has 0 radical (unpaired) electrons. The highest BCUT2D eigenvalue weighted by Gasteiger charge is 2.16. The predicted molar refractivity (Wildman–Crippen MR) is 103 cm³/mol. The molecule has 0 atom stereocenters. The van der Waals surface area contributed by atoms with Gasteiger partial charge in [-0.1, -0.05) is 24.3 Å². The van der Waals surface area contributed by atoms with E-state index in [0.29, 0.717) is 16.8 Å². The molecule has 0 bridgehead atoms. The van der Waals surface area contributed by atoms with E-state index >= 15 is 0 Å². The number of aromatic nitrogens is 2. The number of benzene rings is 2. The van der Waals surface area contributed by atoms with E-state index in [9.17, 15) is 13.2 Å². The summed E-state index contributed by atoms with van der Waals surface area (Å²) in [4.78, 5) is 20.3. The molecular weight excluding hydrogens is 366 g/mol. The van der Waals surface area contributed by atoms with Crippen molar-refractivity contribution in [2.24, 2.45) is 0 Å². The fourth-order valence-electron chi connectivity index (χ4n) is 2.34. The summed E-state index contributed by atoms with van der Waals surface area (Å²) in [7, 11) is -3.75. The fraction of sp³-hybridized carbons (Fsp3) is 0.0556. The van der Waals surface area contributed by atoms with Crippen LogP contribution in [0.3, 0.4) is 0 Å². The van der Waals surface area contributed by atoms with Gasteiger partial charge in [0.2, 0.25) is 5.95 Å². The number of carbonyl (C=O) groups is 1. The third-order valence-corrected chi connectivity index (χ3v) is 5.11. The average Bonchev–Trinajstić information content (AvgIpc) is 2.65. The number of nitrogens with zero attached hydrogens (tertiary/aromatic N) is 2. The molecule has 0 fully saturated rings. The number of nitrogens with two attached hydrogens (primary N) is 1. The van der Waals surface area contributed by atoms with E-state index in [4.69, 9.17) is 5.73 Å². The molecule has 27 heavy (non-hydrogen) atoms. The first kappa shape index (κ1) is 18.3. The van der Waals surface area contributed by atoms with E-state index in [1.807, 2.05) is 0 Å². The van der Waals surface area contributed by atoms with Crippen LogP contribution in [0.25, 0.3) is 0 Å². The first-order valence-corrected chi connectivity index (χ1v) is 9.41. The van der Waals surface area contributed by atoms with Crippen molar-refractivity contribution in [2.75, 3.05) is 15.8 Å². The summed E-state index contributed by atoms with van der Waals surface area (Å²) in [6.45, 7) is 1.75. The van der Waals surface area contributed by atoms with Crippen molar-refractivity contribution in [3.63, 3.8) is 0 Å². The molecule has 1 aromatic heterocycles. The Morgan fingerprint density at radius 1 is 1.00 bits per heavy atom. The summed E-state index contributed by atoms with van der Waals surface area (Å²) in [5.74, 6) is -0.317. The minimum absolute atomic E-state index is 0.0986. The Hall–Kier alpha value is -3.46. The zero-order valence-corrected chi connectivity index (χ0v) is 15.2. The Balaban J connectivity index is 1.84. The van der Waals surface area contributed by atoms with E-state index in [0.717, 1.165) is 0 Å². The number of carbonyl (C=O) groups excluding carboxylic acids is 1. The summed E-state index contributed by atoms with van der Waals surface area (Å²) in [5, 5.41) is 2.65. The first-order chi connectivity index (χ1) is 12.8. The molecule has 0 saturated heterocycles. The molecular formula is C18H17N5O3S.